The van der Waals surface area contributed by atoms with Crippen molar-refractivity contribution in [2.45, 2.75) is 190 Å². The highest BCUT2D eigenvalue weighted by Gasteiger charge is 2.55. The number of carbonyl (C=O) groups is 3. The molecule has 4 rings (SSSR count). The minimum absolute atomic E-state index is 0.0340. The maximum absolute atomic E-state index is 13.2. The van der Waals surface area contributed by atoms with E-state index in [-0.39, 0.29) is 19.5 Å². The minimum atomic E-state index is -1.75. The zero-order valence-corrected chi connectivity index (χ0v) is 36.6. The molecule has 3 aliphatic heterocycles. The zero-order valence-electron chi connectivity index (χ0n) is 36.6. The van der Waals surface area contributed by atoms with Gasteiger partial charge in [0.25, 0.3) is 0 Å². The van der Waals surface area contributed by atoms with Gasteiger partial charge in [-0.1, -0.05) is 19.1 Å². The van der Waals surface area contributed by atoms with Crippen LogP contribution in [-0.4, -0.2) is 178 Å². The van der Waals surface area contributed by atoms with E-state index in [4.69, 9.17) is 54.1 Å². The smallest absolute Gasteiger partial charge is 0.408 e. The fraction of sp³-hybridized carbons (Fsp3) is 0.872. The lowest BCUT2D eigenvalue weighted by Crippen LogP contribution is -2.66. The molecular formula is C39H69N5O17. The summed E-state index contributed by atoms with van der Waals surface area (Å²) in [5, 5.41) is 63.7. The van der Waals surface area contributed by atoms with Crippen molar-refractivity contribution in [3.63, 3.8) is 0 Å². The Morgan fingerprint density at radius 3 is 1.69 bits per heavy atom. The number of ether oxygens (including phenoxy) is 9. The number of nitrogens with one attached hydrogen (secondary N) is 3. The Morgan fingerprint density at radius 1 is 0.623 bits per heavy atom. The highest BCUT2D eigenvalue weighted by molar-refractivity contribution is 5.69. The van der Waals surface area contributed by atoms with Crippen LogP contribution in [0.5, 0.6) is 0 Å². The number of alkyl carbamates (subject to hydrolysis) is 3. The van der Waals surface area contributed by atoms with Crippen LogP contribution in [0.15, 0.2) is 12.2 Å². The Kier molecular flexibility index (Phi) is 17.2. The van der Waals surface area contributed by atoms with Crippen molar-refractivity contribution in [3.8, 4) is 0 Å². The molecule has 17 atom stereocenters. The van der Waals surface area contributed by atoms with E-state index in [0.29, 0.717) is 0 Å². The highest BCUT2D eigenvalue weighted by atomic mass is 16.8. The van der Waals surface area contributed by atoms with Crippen LogP contribution in [-0.2, 0) is 42.6 Å². The monoisotopic (exact) mass is 879 g/mol. The predicted octanol–water partition coefficient (Wildman–Crippen LogP) is -1.05. The summed E-state index contributed by atoms with van der Waals surface area (Å²) < 4.78 is 53.3. The Balaban J connectivity index is 1.65. The molecule has 0 aromatic carbocycles. The first-order valence-corrected chi connectivity index (χ1v) is 20.6. The summed E-state index contributed by atoms with van der Waals surface area (Å²) in [5.41, 5.74) is 9.07. The first-order chi connectivity index (χ1) is 28.2. The standard InChI is InChI=1S/C39H69N5O17/c1-17-13-20(43-35(51)60-38(5,6)7)28(56-31-19(12-11-18(14-40)53-31)42-34(50)59-37(2,3)4)30(24(17)46)58-33-27(49)29(22(16-45)55-33)57-32-23(44-36(52)61-39(8,9)10)26(48)25(47)21(15-41)54-32/h11-12,17-33,45-49H,13-16,40-41H2,1-10H3,(H,42,50)(H,43,51)(H,44,52). The van der Waals surface area contributed by atoms with Crippen molar-refractivity contribution in [2.24, 2.45) is 17.4 Å². The van der Waals surface area contributed by atoms with E-state index in [0.717, 1.165) is 0 Å². The first-order valence-electron chi connectivity index (χ1n) is 20.6. The summed E-state index contributed by atoms with van der Waals surface area (Å²) in [6.45, 7) is 15.7. The third kappa shape index (κ3) is 14.0. The van der Waals surface area contributed by atoms with Crippen LogP contribution in [0.25, 0.3) is 0 Å². The summed E-state index contributed by atoms with van der Waals surface area (Å²) in [4.78, 5) is 39.0. The molecule has 0 radical (unpaired) electrons. The van der Waals surface area contributed by atoms with Gasteiger partial charge >= 0.3 is 18.3 Å². The summed E-state index contributed by atoms with van der Waals surface area (Å²) in [5.74, 6) is -0.569. The number of carbonyl (C=O) groups excluding carboxylic acids is 3. The maximum atomic E-state index is 13.2. The van der Waals surface area contributed by atoms with E-state index in [1.54, 1.807) is 81.4 Å². The Bertz CT molecular complexity index is 1490. The number of aliphatic hydroxyl groups is 5. The third-order valence-corrected chi connectivity index (χ3v) is 9.98. The van der Waals surface area contributed by atoms with Gasteiger partial charge in [-0.2, -0.15) is 0 Å². The Hall–Kier alpha value is -2.97. The van der Waals surface area contributed by atoms with E-state index < -0.39 is 146 Å². The molecular weight excluding hydrogens is 810 g/mol. The molecule has 2 saturated heterocycles. The summed E-state index contributed by atoms with van der Waals surface area (Å²) in [7, 11) is 0. The van der Waals surface area contributed by atoms with Crippen LogP contribution in [0.2, 0.25) is 0 Å². The number of hydrogen-bond acceptors (Lipinski definition) is 19. The second kappa shape index (κ2) is 20.7. The average Bonchev–Trinajstić information content (AvgIpc) is 3.42. The molecule has 0 aromatic rings. The van der Waals surface area contributed by atoms with Gasteiger partial charge in [0.05, 0.1) is 24.9 Å². The molecule has 22 heteroatoms. The summed E-state index contributed by atoms with van der Waals surface area (Å²) in [6.07, 6.45) is -17.4. The molecule has 1 saturated carbocycles. The molecule has 61 heavy (non-hydrogen) atoms. The third-order valence-electron chi connectivity index (χ3n) is 9.98. The predicted molar refractivity (Wildman–Crippen MR) is 212 cm³/mol. The molecule has 0 bridgehead atoms. The fourth-order valence-electron chi connectivity index (χ4n) is 7.24. The van der Waals surface area contributed by atoms with E-state index in [9.17, 15) is 39.9 Å². The van der Waals surface area contributed by atoms with Crippen LogP contribution in [0.4, 0.5) is 14.4 Å². The molecule has 12 N–H and O–H groups in total. The second-order valence-electron chi connectivity index (χ2n) is 18.7. The minimum Gasteiger partial charge on any atom is -0.444 e. The van der Waals surface area contributed by atoms with Crippen molar-refractivity contribution in [1.82, 2.24) is 16.0 Å². The SMILES string of the molecule is CC1CC(NC(=O)OC(C)(C)C)C(OC2OC(CN)C=CC2NC(=O)OC(C)(C)C)C(OC2OC(CO)C(OC3OC(CN)C(O)C(O)C3NC(=O)OC(C)(C)C)C2O)C1O. The second-order valence-corrected chi connectivity index (χ2v) is 18.7. The molecule has 3 fully saturated rings. The molecule has 3 heterocycles. The van der Waals surface area contributed by atoms with Gasteiger partial charge in [0.15, 0.2) is 18.9 Å². The van der Waals surface area contributed by atoms with Crippen LogP contribution in [0.3, 0.4) is 0 Å². The zero-order chi connectivity index (χ0) is 45.8. The van der Waals surface area contributed by atoms with Crippen LogP contribution in [0.1, 0.15) is 75.7 Å². The number of hydrogen-bond donors (Lipinski definition) is 10. The van der Waals surface area contributed by atoms with Crippen LogP contribution in [0, 0.1) is 5.92 Å². The van der Waals surface area contributed by atoms with Crippen molar-refractivity contribution in [2.75, 3.05) is 19.7 Å². The molecule has 4 aliphatic rings. The Morgan fingerprint density at radius 2 is 1.15 bits per heavy atom. The van der Waals surface area contributed by atoms with Gasteiger partial charge in [0.2, 0.25) is 0 Å². The van der Waals surface area contributed by atoms with Gasteiger partial charge in [-0.15, -0.1) is 0 Å². The molecule has 22 nitrogen and oxygen atoms in total. The summed E-state index contributed by atoms with van der Waals surface area (Å²) >= 11 is 0. The van der Waals surface area contributed by atoms with Crippen molar-refractivity contribution >= 4 is 18.3 Å². The largest absolute Gasteiger partial charge is 0.444 e. The lowest BCUT2D eigenvalue weighted by Gasteiger charge is -2.46. The van der Waals surface area contributed by atoms with Gasteiger partial charge < -0.3 is 95.6 Å². The number of amides is 3. The number of nitrogens with two attached hydrogens (primary N) is 2. The maximum Gasteiger partial charge on any atom is 0.408 e. The lowest BCUT2D eigenvalue weighted by atomic mass is 9.80. The van der Waals surface area contributed by atoms with E-state index in [1.165, 1.54) is 0 Å². The van der Waals surface area contributed by atoms with Gasteiger partial charge in [-0.25, -0.2) is 14.4 Å². The normalized spacial score (nSPS) is 38.3. The average molecular weight is 880 g/mol. The van der Waals surface area contributed by atoms with Gasteiger partial charge in [0, 0.05) is 13.1 Å². The van der Waals surface area contributed by atoms with Crippen LogP contribution >= 0.6 is 0 Å². The van der Waals surface area contributed by atoms with Crippen molar-refractivity contribution < 1.29 is 82.5 Å². The topological polar surface area (TPSA) is 324 Å². The lowest BCUT2D eigenvalue weighted by molar-refractivity contribution is -0.288. The van der Waals surface area contributed by atoms with E-state index >= 15 is 0 Å². The molecule has 352 valence electrons. The molecule has 17 unspecified atom stereocenters. The number of aliphatic hydroxyl groups excluding tert-OH is 5. The van der Waals surface area contributed by atoms with E-state index in [1.807, 2.05) is 0 Å². The molecule has 0 aromatic heterocycles. The Labute approximate surface area is 356 Å². The van der Waals surface area contributed by atoms with Gasteiger partial charge in [0.1, 0.15) is 77.7 Å². The van der Waals surface area contributed by atoms with Crippen molar-refractivity contribution in [3.05, 3.63) is 12.2 Å². The number of rotatable bonds is 12. The van der Waals surface area contributed by atoms with Gasteiger partial charge in [-0.3, -0.25) is 0 Å². The van der Waals surface area contributed by atoms with Crippen LogP contribution < -0.4 is 27.4 Å². The molecule has 1 aliphatic carbocycles. The first kappa shape index (κ1) is 50.7. The van der Waals surface area contributed by atoms with E-state index in [2.05, 4.69) is 16.0 Å². The molecule has 3 amide bonds. The highest BCUT2D eigenvalue weighted by Crippen LogP contribution is 2.37. The summed E-state index contributed by atoms with van der Waals surface area (Å²) in [6, 6.07) is -3.38. The van der Waals surface area contributed by atoms with Crippen molar-refractivity contribution in [1.29, 1.82) is 0 Å². The molecule has 0 spiro atoms. The van der Waals surface area contributed by atoms with Gasteiger partial charge in [-0.05, 0) is 74.7 Å². The fourth-order valence-corrected chi connectivity index (χ4v) is 7.24. The quantitative estimate of drug-likeness (QED) is 0.0826.